The van der Waals surface area contributed by atoms with Crippen molar-refractivity contribution in [3.8, 4) is 0 Å². The van der Waals surface area contributed by atoms with Gasteiger partial charge in [0.05, 0.1) is 0 Å². The Kier molecular flexibility index (Phi) is 5.55. The first-order valence-electron chi connectivity index (χ1n) is 4.38. The number of nitrogens with zero attached hydrogens (tertiary/aromatic N) is 1. The molecule has 5 nitrogen and oxygen atoms in total. The van der Waals surface area contributed by atoms with Gasteiger partial charge in [0.25, 0.3) is 0 Å². The average molecular weight is 201 g/mol. The predicted molar refractivity (Wildman–Crippen MR) is 50.6 cm³/mol. The van der Waals surface area contributed by atoms with Crippen molar-refractivity contribution in [1.29, 1.82) is 0 Å². The van der Waals surface area contributed by atoms with Gasteiger partial charge < -0.3 is 10.2 Å². The molecule has 0 aromatic rings. The molecule has 0 aliphatic carbocycles. The normalized spacial score (nSPS) is 11.9. The van der Waals surface area contributed by atoms with E-state index < -0.39 is 18.2 Å². The highest BCUT2D eigenvalue weighted by Crippen LogP contribution is 2.06. The van der Waals surface area contributed by atoms with Crippen molar-refractivity contribution >= 4 is 12.0 Å². The van der Waals surface area contributed by atoms with Crippen LogP contribution >= 0.6 is 0 Å². The topological polar surface area (TPSA) is 77.8 Å². The third-order valence-electron chi connectivity index (χ3n) is 1.64. The molecule has 0 aromatic carbocycles. The van der Waals surface area contributed by atoms with Gasteiger partial charge in [-0.1, -0.05) is 19.4 Å². The largest absolute Gasteiger partial charge is 0.465 e. The lowest BCUT2D eigenvalue weighted by Gasteiger charge is -2.22. The Bertz CT molecular complexity index is 227. The lowest BCUT2D eigenvalue weighted by Crippen LogP contribution is -2.43. The van der Waals surface area contributed by atoms with Gasteiger partial charge in [-0.2, -0.15) is 0 Å². The van der Waals surface area contributed by atoms with E-state index in [4.69, 9.17) is 5.11 Å². The molecular formula is C9H15NO4. The van der Waals surface area contributed by atoms with E-state index in [1.54, 1.807) is 6.92 Å². The third-order valence-corrected chi connectivity index (χ3v) is 1.64. The second-order valence-corrected chi connectivity index (χ2v) is 2.81. The Morgan fingerprint density at radius 1 is 1.57 bits per heavy atom. The molecule has 2 amide bonds. The zero-order valence-electron chi connectivity index (χ0n) is 8.14. The highest BCUT2D eigenvalue weighted by Gasteiger charge is 2.26. The molecule has 0 saturated carbocycles. The standard InChI is InChI=1S/C9H15NO4/c1-3-5-7(11)10(9(13)14)8(12)6-4-2/h3,8,12H,1,4-6H2,2H3,(H,13,14). The zero-order valence-corrected chi connectivity index (χ0v) is 8.14. The fourth-order valence-electron chi connectivity index (χ4n) is 1.01. The van der Waals surface area contributed by atoms with Gasteiger partial charge in [-0.3, -0.25) is 4.79 Å². The lowest BCUT2D eigenvalue weighted by atomic mass is 10.2. The first kappa shape index (κ1) is 12.6. The monoisotopic (exact) mass is 201 g/mol. The van der Waals surface area contributed by atoms with E-state index in [0.717, 1.165) is 0 Å². The summed E-state index contributed by atoms with van der Waals surface area (Å²) in [6.07, 6.45) is -0.631. The molecule has 0 fully saturated rings. The molecule has 0 rings (SSSR count). The van der Waals surface area contributed by atoms with Gasteiger partial charge >= 0.3 is 6.09 Å². The second kappa shape index (κ2) is 6.15. The molecule has 14 heavy (non-hydrogen) atoms. The van der Waals surface area contributed by atoms with Gasteiger partial charge in [-0.15, -0.1) is 6.58 Å². The van der Waals surface area contributed by atoms with Gasteiger partial charge in [0.15, 0.2) is 0 Å². The van der Waals surface area contributed by atoms with Crippen molar-refractivity contribution in [3.63, 3.8) is 0 Å². The Morgan fingerprint density at radius 3 is 2.50 bits per heavy atom. The van der Waals surface area contributed by atoms with E-state index in [9.17, 15) is 14.7 Å². The van der Waals surface area contributed by atoms with Crippen LogP contribution in [0.3, 0.4) is 0 Å². The minimum atomic E-state index is -1.43. The van der Waals surface area contributed by atoms with Gasteiger partial charge in [0.2, 0.25) is 5.91 Å². The average Bonchev–Trinajstić information content (AvgIpc) is 2.04. The molecule has 0 bridgehead atoms. The van der Waals surface area contributed by atoms with Crippen LogP contribution in [0.1, 0.15) is 26.2 Å². The van der Waals surface area contributed by atoms with E-state index in [0.29, 0.717) is 11.3 Å². The van der Waals surface area contributed by atoms with Crippen molar-refractivity contribution in [2.45, 2.75) is 32.4 Å². The molecule has 0 aliphatic heterocycles. The maximum absolute atomic E-state index is 11.2. The molecule has 80 valence electrons. The number of carbonyl (C=O) groups excluding carboxylic acids is 1. The first-order chi connectivity index (χ1) is 6.54. The van der Waals surface area contributed by atoms with Crippen LogP contribution < -0.4 is 0 Å². The zero-order chi connectivity index (χ0) is 11.1. The second-order valence-electron chi connectivity index (χ2n) is 2.81. The first-order valence-corrected chi connectivity index (χ1v) is 4.38. The lowest BCUT2D eigenvalue weighted by molar-refractivity contribution is -0.136. The number of hydrogen-bond acceptors (Lipinski definition) is 3. The molecule has 0 radical (unpaired) electrons. The number of carbonyl (C=O) groups is 2. The van der Waals surface area contributed by atoms with E-state index in [2.05, 4.69) is 6.58 Å². The van der Waals surface area contributed by atoms with Gasteiger partial charge in [0.1, 0.15) is 6.23 Å². The summed E-state index contributed by atoms with van der Waals surface area (Å²) in [7, 11) is 0. The van der Waals surface area contributed by atoms with Crippen LogP contribution in [0, 0.1) is 0 Å². The van der Waals surface area contributed by atoms with Crippen molar-refractivity contribution in [1.82, 2.24) is 4.90 Å². The van der Waals surface area contributed by atoms with Crippen LogP contribution in [0.2, 0.25) is 0 Å². The Labute approximate surface area is 82.6 Å². The van der Waals surface area contributed by atoms with E-state index >= 15 is 0 Å². The number of amides is 2. The molecule has 1 atom stereocenters. The van der Waals surface area contributed by atoms with Gasteiger partial charge in [-0.25, -0.2) is 9.69 Å². The van der Waals surface area contributed by atoms with Gasteiger partial charge in [0, 0.05) is 6.42 Å². The molecule has 2 N–H and O–H groups in total. The highest BCUT2D eigenvalue weighted by molar-refractivity contribution is 5.91. The highest BCUT2D eigenvalue weighted by atomic mass is 16.4. The van der Waals surface area contributed by atoms with Crippen LogP contribution in [0.15, 0.2) is 12.7 Å². The molecular weight excluding hydrogens is 186 g/mol. The van der Waals surface area contributed by atoms with E-state index in [-0.39, 0.29) is 12.8 Å². The summed E-state index contributed by atoms with van der Waals surface area (Å²) in [6.45, 7) is 5.12. The molecule has 0 saturated heterocycles. The smallest absolute Gasteiger partial charge is 0.416 e. The summed E-state index contributed by atoms with van der Waals surface area (Å²) < 4.78 is 0. The summed E-state index contributed by atoms with van der Waals surface area (Å²) >= 11 is 0. The predicted octanol–water partition coefficient (Wildman–Crippen LogP) is 1.19. The number of carboxylic acid groups (broad SMARTS) is 1. The maximum Gasteiger partial charge on any atom is 0.416 e. The SMILES string of the molecule is C=CCC(=O)N(C(=O)O)C(O)CCC. The molecule has 0 aromatic heterocycles. The van der Waals surface area contributed by atoms with E-state index in [1.165, 1.54) is 6.08 Å². The van der Waals surface area contributed by atoms with Crippen molar-refractivity contribution in [2.24, 2.45) is 0 Å². The fourth-order valence-corrected chi connectivity index (χ4v) is 1.01. The Morgan fingerprint density at radius 2 is 2.14 bits per heavy atom. The molecule has 5 heteroatoms. The number of rotatable bonds is 5. The molecule has 0 heterocycles. The van der Waals surface area contributed by atoms with Gasteiger partial charge in [-0.05, 0) is 6.42 Å². The van der Waals surface area contributed by atoms with E-state index in [1.807, 2.05) is 0 Å². The quantitative estimate of drug-likeness (QED) is 0.517. The van der Waals surface area contributed by atoms with Crippen molar-refractivity contribution in [2.75, 3.05) is 0 Å². The maximum atomic E-state index is 11.2. The minimum absolute atomic E-state index is 0.0902. The van der Waals surface area contributed by atoms with Crippen LogP contribution in [-0.4, -0.2) is 33.3 Å². The van der Waals surface area contributed by atoms with Crippen LogP contribution in [0.4, 0.5) is 4.79 Å². The number of aliphatic hydroxyl groups is 1. The van der Waals surface area contributed by atoms with Crippen molar-refractivity contribution < 1.29 is 19.8 Å². The number of imide groups is 1. The van der Waals surface area contributed by atoms with Crippen molar-refractivity contribution in [3.05, 3.63) is 12.7 Å². The summed E-state index contributed by atoms with van der Waals surface area (Å²) in [6, 6.07) is 0. The number of hydrogen-bond donors (Lipinski definition) is 2. The molecule has 0 aliphatic rings. The summed E-state index contributed by atoms with van der Waals surface area (Å²) in [4.78, 5) is 22.3. The minimum Gasteiger partial charge on any atom is -0.465 e. The summed E-state index contributed by atoms with van der Waals surface area (Å²) in [5, 5.41) is 18.0. The summed E-state index contributed by atoms with van der Waals surface area (Å²) in [5.74, 6) is -0.659. The Balaban J connectivity index is 4.49. The molecule has 1 unspecified atom stereocenters. The summed E-state index contributed by atoms with van der Waals surface area (Å²) in [5.41, 5.74) is 0. The fraction of sp³-hybridized carbons (Fsp3) is 0.556. The number of aliphatic hydroxyl groups excluding tert-OH is 1. The third kappa shape index (κ3) is 3.57. The van der Waals surface area contributed by atoms with Crippen LogP contribution in [-0.2, 0) is 4.79 Å². The molecule has 0 spiro atoms. The Hall–Kier alpha value is -1.36. The van der Waals surface area contributed by atoms with Crippen LogP contribution in [0.25, 0.3) is 0 Å². The van der Waals surface area contributed by atoms with Crippen LogP contribution in [0.5, 0.6) is 0 Å².